The summed E-state index contributed by atoms with van der Waals surface area (Å²) in [6.45, 7) is 0.211. The Morgan fingerprint density at radius 3 is 2.70 bits per heavy atom. The predicted octanol–water partition coefficient (Wildman–Crippen LogP) is 1.79. The van der Waals surface area contributed by atoms with Crippen molar-refractivity contribution < 1.29 is 18.9 Å². The van der Waals surface area contributed by atoms with Crippen molar-refractivity contribution in [3.63, 3.8) is 0 Å². The van der Waals surface area contributed by atoms with Crippen LogP contribution in [0.4, 0.5) is 0 Å². The molecule has 23 heavy (non-hydrogen) atoms. The fourth-order valence-electron chi connectivity index (χ4n) is 2.58. The zero-order valence-corrected chi connectivity index (χ0v) is 14.2. The monoisotopic (exact) mass is 379 g/mol. The van der Waals surface area contributed by atoms with Crippen molar-refractivity contribution in [3.8, 4) is 28.7 Å². The molecule has 0 saturated carbocycles. The molecule has 0 saturated heterocycles. The van der Waals surface area contributed by atoms with Crippen molar-refractivity contribution in [2.45, 2.75) is 0 Å². The Morgan fingerprint density at radius 2 is 1.91 bits per heavy atom. The molecule has 0 fully saturated rings. The maximum absolute atomic E-state index is 12.7. The van der Waals surface area contributed by atoms with Crippen LogP contribution in [0.2, 0.25) is 0 Å². The molecule has 7 heteroatoms. The van der Waals surface area contributed by atoms with Gasteiger partial charge in [-0.15, -0.1) is 0 Å². The molecular formula is C16H13NO5Se. The molecular weight excluding hydrogens is 365 g/mol. The van der Waals surface area contributed by atoms with Gasteiger partial charge >= 0.3 is 137 Å². The summed E-state index contributed by atoms with van der Waals surface area (Å²) in [6.07, 6.45) is 0. The molecule has 118 valence electrons. The first-order chi connectivity index (χ1) is 11.2. The Balaban J connectivity index is 1.94. The topological polar surface area (TPSA) is 58.9 Å². The van der Waals surface area contributed by atoms with Gasteiger partial charge in [-0.2, -0.15) is 0 Å². The van der Waals surface area contributed by atoms with Gasteiger partial charge in [-0.3, -0.25) is 0 Å². The number of hydrogen-bond donors (Lipinski definition) is 0. The summed E-state index contributed by atoms with van der Waals surface area (Å²) in [7, 11) is 3.17. The van der Waals surface area contributed by atoms with E-state index < -0.39 is 0 Å². The fraction of sp³-hybridized carbons (Fsp3) is 0.188. The standard InChI is InChI=1S/C16H13NO5Se/c1-19-12-6-4-10-15(14(12)20-2)23-17(16(10)18)9-3-5-11-13(7-9)22-8-21-11/h3-7H,8H2,1-2H3. The van der Waals surface area contributed by atoms with Crippen molar-refractivity contribution >= 4 is 24.4 Å². The van der Waals surface area contributed by atoms with Crippen LogP contribution in [0.15, 0.2) is 35.1 Å². The number of aromatic nitrogens is 1. The number of rotatable bonds is 3. The third kappa shape index (κ3) is 2.12. The van der Waals surface area contributed by atoms with Gasteiger partial charge in [0.1, 0.15) is 0 Å². The first-order valence-corrected chi connectivity index (χ1v) is 8.52. The zero-order valence-electron chi connectivity index (χ0n) is 12.5. The SMILES string of the molecule is COc1ccc2c(=O)n(-c3ccc4c(c3)OCO4)[se]c2c1OC. The van der Waals surface area contributed by atoms with Gasteiger partial charge in [0.2, 0.25) is 0 Å². The molecule has 2 heterocycles. The number of benzene rings is 2. The van der Waals surface area contributed by atoms with Gasteiger partial charge in [0.25, 0.3) is 0 Å². The molecule has 4 rings (SSSR count). The van der Waals surface area contributed by atoms with E-state index in [1.807, 2.05) is 18.2 Å². The molecule has 1 aliphatic heterocycles. The van der Waals surface area contributed by atoms with E-state index in [0.29, 0.717) is 28.4 Å². The Morgan fingerprint density at radius 1 is 1.09 bits per heavy atom. The van der Waals surface area contributed by atoms with Crippen LogP contribution in [0.3, 0.4) is 0 Å². The summed E-state index contributed by atoms with van der Waals surface area (Å²) in [6, 6.07) is 9.06. The summed E-state index contributed by atoms with van der Waals surface area (Å²) >= 11 is -0.236. The Kier molecular flexibility index (Phi) is 3.32. The second-order valence-electron chi connectivity index (χ2n) is 4.91. The van der Waals surface area contributed by atoms with Crippen molar-refractivity contribution in [1.29, 1.82) is 0 Å². The normalized spacial score (nSPS) is 12.6. The molecule has 0 atom stereocenters. The number of nitrogens with zero attached hydrogens (tertiary/aromatic N) is 1. The molecule has 0 aliphatic carbocycles. The Labute approximate surface area is 137 Å². The minimum absolute atomic E-state index is 0.0418. The molecule has 2 aromatic carbocycles. The molecule has 0 bridgehead atoms. The van der Waals surface area contributed by atoms with E-state index in [4.69, 9.17) is 18.9 Å². The van der Waals surface area contributed by atoms with Gasteiger partial charge in [0.15, 0.2) is 0 Å². The minimum atomic E-state index is -0.236. The van der Waals surface area contributed by atoms with Crippen molar-refractivity contribution in [2.24, 2.45) is 0 Å². The molecule has 0 amide bonds. The van der Waals surface area contributed by atoms with E-state index in [0.717, 1.165) is 9.95 Å². The van der Waals surface area contributed by atoms with E-state index >= 15 is 0 Å². The number of methoxy groups -OCH3 is 2. The van der Waals surface area contributed by atoms with Crippen molar-refractivity contribution in [3.05, 3.63) is 40.7 Å². The third-order valence-corrected chi connectivity index (χ3v) is 6.09. The van der Waals surface area contributed by atoms with E-state index in [1.54, 1.807) is 29.9 Å². The molecule has 1 aliphatic rings. The van der Waals surface area contributed by atoms with Crippen LogP contribution < -0.4 is 24.5 Å². The van der Waals surface area contributed by atoms with Crippen LogP contribution in [0.25, 0.3) is 15.3 Å². The summed E-state index contributed by atoms with van der Waals surface area (Å²) in [5, 5.41) is 0.653. The van der Waals surface area contributed by atoms with E-state index in [1.165, 1.54) is 0 Å². The van der Waals surface area contributed by atoms with Gasteiger partial charge in [-0.1, -0.05) is 0 Å². The van der Waals surface area contributed by atoms with Gasteiger partial charge < -0.3 is 0 Å². The number of ether oxygens (including phenoxy) is 4. The van der Waals surface area contributed by atoms with Crippen LogP contribution in [0.5, 0.6) is 23.0 Å². The second-order valence-corrected chi connectivity index (χ2v) is 6.91. The molecule has 0 N–H and O–H groups in total. The third-order valence-electron chi connectivity index (χ3n) is 3.69. The zero-order chi connectivity index (χ0) is 16.0. The molecule has 1 aromatic heterocycles. The van der Waals surface area contributed by atoms with Crippen molar-refractivity contribution in [2.75, 3.05) is 21.0 Å². The van der Waals surface area contributed by atoms with Crippen molar-refractivity contribution in [1.82, 2.24) is 3.56 Å². The van der Waals surface area contributed by atoms with Gasteiger partial charge in [0.05, 0.1) is 0 Å². The Bertz CT molecular complexity index is 959. The maximum atomic E-state index is 12.7. The number of hydrogen-bond acceptors (Lipinski definition) is 5. The van der Waals surface area contributed by atoms with Crippen LogP contribution in [0.1, 0.15) is 0 Å². The number of fused-ring (bicyclic) bond motifs is 2. The summed E-state index contributed by atoms with van der Waals surface area (Å²) in [5.74, 6) is 2.62. The van der Waals surface area contributed by atoms with E-state index in [2.05, 4.69) is 0 Å². The average Bonchev–Trinajstić information content (AvgIpc) is 3.17. The van der Waals surface area contributed by atoms with Gasteiger partial charge in [-0.25, -0.2) is 0 Å². The molecule has 3 aromatic rings. The van der Waals surface area contributed by atoms with Crippen LogP contribution in [-0.4, -0.2) is 39.3 Å². The van der Waals surface area contributed by atoms with Crippen LogP contribution in [0, 0.1) is 0 Å². The average molecular weight is 378 g/mol. The van der Waals surface area contributed by atoms with E-state index in [9.17, 15) is 4.79 Å². The second kappa shape index (κ2) is 5.37. The summed E-state index contributed by atoms with van der Waals surface area (Å²) in [4.78, 5) is 12.7. The first-order valence-electron chi connectivity index (χ1n) is 6.90. The summed E-state index contributed by atoms with van der Waals surface area (Å²) in [5.41, 5.74) is 0.747. The van der Waals surface area contributed by atoms with Gasteiger partial charge in [-0.05, 0) is 0 Å². The first kappa shape index (κ1) is 14.2. The molecule has 6 nitrogen and oxygen atoms in total. The molecule has 0 radical (unpaired) electrons. The quantitative estimate of drug-likeness (QED) is 0.651. The molecule has 0 spiro atoms. The van der Waals surface area contributed by atoms with E-state index in [-0.39, 0.29) is 27.1 Å². The van der Waals surface area contributed by atoms with Gasteiger partial charge in [0, 0.05) is 0 Å². The predicted molar refractivity (Wildman–Crippen MR) is 85.7 cm³/mol. The van der Waals surface area contributed by atoms with Crippen LogP contribution >= 0.6 is 0 Å². The van der Waals surface area contributed by atoms with Crippen LogP contribution in [-0.2, 0) is 0 Å². The summed E-state index contributed by atoms with van der Waals surface area (Å²) < 4.78 is 24.1. The Hall–Kier alpha value is -2.37. The fourth-order valence-corrected chi connectivity index (χ4v) is 4.90. The molecule has 0 unspecified atom stereocenters.